The number of thiol groups is 1. The van der Waals surface area contributed by atoms with Gasteiger partial charge in [-0.2, -0.15) is 12.6 Å². The van der Waals surface area contributed by atoms with Crippen molar-refractivity contribution in [3.8, 4) is 0 Å². The van der Waals surface area contributed by atoms with Crippen LogP contribution in [0.4, 0.5) is 0 Å². The summed E-state index contributed by atoms with van der Waals surface area (Å²) in [7, 11) is 0. The van der Waals surface area contributed by atoms with Crippen LogP contribution in [0.1, 0.15) is 59.3 Å². The Morgan fingerprint density at radius 2 is 1.62 bits per heavy atom. The summed E-state index contributed by atoms with van der Waals surface area (Å²) in [5.74, 6) is 2.24. The van der Waals surface area contributed by atoms with Gasteiger partial charge in [0.1, 0.15) is 0 Å². The number of rotatable bonds is 11. The fourth-order valence-electron chi connectivity index (χ4n) is 1.68. The molecule has 0 amide bonds. The summed E-state index contributed by atoms with van der Waals surface area (Å²) >= 11 is 4.36. The molecule has 0 aliphatic heterocycles. The standard InChI is InChI=1S/C14H30OS/c1-4-5-6-7-8-9-10-15-11-14(12-16)13(2)3/h13-14,16H,4-12H2,1-3H3. The molecule has 0 saturated carbocycles. The summed E-state index contributed by atoms with van der Waals surface area (Å²) in [6.45, 7) is 8.57. The van der Waals surface area contributed by atoms with Crippen LogP contribution < -0.4 is 0 Å². The minimum absolute atomic E-state index is 0.614. The van der Waals surface area contributed by atoms with Crippen molar-refractivity contribution in [3.05, 3.63) is 0 Å². The van der Waals surface area contributed by atoms with Gasteiger partial charge >= 0.3 is 0 Å². The molecule has 0 rings (SSSR count). The maximum Gasteiger partial charge on any atom is 0.0504 e. The molecule has 2 heteroatoms. The number of hydrogen-bond acceptors (Lipinski definition) is 2. The molecule has 1 nitrogen and oxygen atoms in total. The summed E-state index contributed by atoms with van der Waals surface area (Å²) in [5, 5.41) is 0. The summed E-state index contributed by atoms with van der Waals surface area (Å²) in [4.78, 5) is 0. The lowest BCUT2D eigenvalue weighted by Crippen LogP contribution is -2.17. The fraction of sp³-hybridized carbons (Fsp3) is 1.00. The lowest BCUT2D eigenvalue weighted by molar-refractivity contribution is 0.0885. The third-order valence-electron chi connectivity index (χ3n) is 3.15. The van der Waals surface area contributed by atoms with Crippen molar-refractivity contribution in [1.29, 1.82) is 0 Å². The van der Waals surface area contributed by atoms with Gasteiger partial charge in [0.05, 0.1) is 6.61 Å². The summed E-state index contributed by atoms with van der Waals surface area (Å²) < 4.78 is 5.71. The lowest BCUT2D eigenvalue weighted by atomic mass is 9.99. The topological polar surface area (TPSA) is 9.23 Å². The first kappa shape index (κ1) is 16.3. The summed E-state index contributed by atoms with van der Waals surface area (Å²) in [5.41, 5.74) is 0. The van der Waals surface area contributed by atoms with Crippen LogP contribution in [0.15, 0.2) is 0 Å². The minimum atomic E-state index is 0.614. The first-order valence-electron chi connectivity index (χ1n) is 6.91. The van der Waals surface area contributed by atoms with E-state index in [0.717, 1.165) is 19.0 Å². The average Bonchev–Trinajstić information content (AvgIpc) is 2.26. The minimum Gasteiger partial charge on any atom is -0.381 e. The molecular weight excluding hydrogens is 216 g/mol. The van der Waals surface area contributed by atoms with Crippen molar-refractivity contribution in [2.45, 2.75) is 59.3 Å². The third-order valence-corrected chi connectivity index (χ3v) is 3.62. The largest absolute Gasteiger partial charge is 0.381 e. The highest BCUT2D eigenvalue weighted by Gasteiger charge is 2.10. The van der Waals surface area contributed by atoms with Crippen LogP contribution in [0.5, 0.6) is 0 Å². The Morgan fingerprint density at radius 1 is 1.00 bits per heavy atom. The fourth-order valence-corrected chi connectivity index (χ4v) is 2.20. The number of ether oxygens (including phenoxy) is 1. The monoisotopic (exact) mass is 246 g/mol. The maximum absolute atomic E-state index is 5.71. The predicted molar refractivity (Wildman–Crippen MR) is 76.4 cm³/mol. The molecule has 98 valence electrons. The second-order valence-corrected chi connectivity index (χ2v) is 5.39. The van der Waals surface area contributed by atoms with Crippen molar-refractivity contribution in [2.75, 3.05) is 19.0 Å². The van der Waals surface area contributed by atoms with Crippen LogP contribution in [0, 0.1) is 11.8 Å². The van der Waals surface area contributed by atoms with Gasteiger partial charge < -0.3 is 4.74 Å². The molecule has 0 aromatic carbocycles. The molecule has 1 atom stereocenters. The zero-order valence-corrected chi connectivity index (χ0v) is 12.3. The van der Waals surface area contributed by atoms with Gasteiger partial charge in [-0.15, -0.1) is 0 Å². The van der Waals surface area contributed by atoms with Crippen LogP contribution in [-0.4, -0.2) is 19.0 Å². The molecule has 0 aliphatic carbocycles. The first-order valence-corrected chi connectivity index (χ1v) is 7.54. The zero-order chi connectivity index (χ0) is 12.2. The van der Waals surface area contributed by atoms with Crippen LogP contribution in [0.25, 0.3) is 0 Å². The summed E-state index contributed by atoms with van der Waals surface area (Å²) in [6.07, 6.45) is 8.03. The Hall–Kier alpha value is 0.310. The normalized spacial score (nSPS) is 13.3. The van der Waals surface area contributed by atoms with E-state index >= 15 is 0 Å². The van der Waals surface area contributed by atoms with Gasteiger partial charge in [0, 0.05) is 6.61 Å². The number of hydrogen-bond donors (Lipinski definition) is 1. The van der Waals surface area contributed by atoms with Crippen LogP contribution in [0.2, 0.25) is 0 Å². The highest BCUT2D eigenvalue weighted by molar-refractivity contribution is 7.80. The number of unbranched alkanes of at least 4 members (excludes halogenated alkanes) is 5. The third kappa shape index (κ3) is 9.53. The molecule has 0 heterocycles. The quantitative estimate of drug-likeness (QED) is 0.415. The van der Waals surface area contributed by atoms with Crippen molar-refractivity contribution in [1.82, 2.24) is 0 Å². The predicted octanol–water partition coefficient (Wildman–Crippen LogP) is 4.57. The molecular formula is C14H30OS. The van der Waals surface area contributed by atoms with E-state index in [9.17, 15) is 0 Å². The van der Waals surface area contributed by atoms with E-state index in [4.69, 9.17) is 4.74 Å². The van der Waals surface area contributed by atoms with Gasteiger partial charge in [0.2, 0.25) is 0 Å². The van der Waals surface area contributed by atoms with Gasteiger partial charge in [-0.1, -0.05) is 52.9 Å². The smallest absolute Gasteiger partial charge is 0.0504 e. The van der Waals surface area contributed by atoms with Gasteiger partial charge in [-0.3, -0.25) is 0 Å². The van der Waals surface area contributed by atoms with E-state index in [1.807, 2.05) is 0 Å². The molecule has 0 saturated heterocycles. The molecule has 0 aromatic rings. The highest BCUT2D eigenvalue weighted by atomic mass is 32.1. The lowest BCUT2D eigenvalue weighted by Gasteiger charge is -2.18. The van der Waals surface area contributed by atoms with Crippen LogP contribution in [0.3, 0.4) is 0 Å². The average molecular weight is 246 g/mol. The highest BCUT2D eigenvalue weighted by Crippen LogP contribution is 2.13. The van der Waals surface area contributed by atoms with E-state index in [2.05, 4.69) is 33.4 Å². The van der Waals surface area contributed by atoms with Gasteiger partial charge in [-0.05, 0) is 24.0 Å². The molecule has 0 aliphatic rings. The van der Waals surface area contributed by atoms with Crippen LogP contribution >= 0.6 is 12.6 Å². The first-order chi connectivity index (χ1) is 7.72. The second-order valence-electron chi connectivity index (χ2n) is 5.03. The van der Waals surface area contributed by atoms with Crippen molar-refractivity contribution in [2.24, 2.45) is 11.8 Å². The molecule has 1 unspecified atom stereocenters. The molecule has 16 heavy (non-hydrogen) atoms. The molecule has 0 spiro atoms. The molecule has 0 radical (unpaired) electrons. The Bertz CT molecular complexity index is 137. The molecule has 0 aromatic heterocycles. The molecule has 0 bridgehead atoms. The van der Waals surface area contributed by atoms with Crippen LogP contribution in [-0.2, 0) is 4.74 Å². The Balaban J connectivity index is 3.19. The zero-order valence-electron chi connectivity index (χ0n) is 11.4. The van der Waals surface area contributed by atoms with E-state index < -0.39 is 0 Å². The van der Waals surface area contributed by atoms with E-state index in [-0.39, 0.29) is 0 Å². The Labute approximate surface area is 108 Å². The van der Waals surface area contributed by atoms with E-state index in [0.29, 0.717) is 11.8 Å². The molecule has 0 N–H and O–H groups in total. The van der Waals surface area contributed by atoms with Gasteiger partial charge in [0.25, 0.3) is 0 Å². The van der Waals surface area contributed by atoms with Gasteiger partial charge in [0.15, 0.2) is 0 Å². The Kier molecular flexibility index (Phi) is 12.0. The molecule has 0 fully saturated rings. The summed E-state index contributed by atoms with van der Waals surface area (Å²) in [6, 6.07) is 0. The maximum atomic E-state index is 5.71. The van der Waals surface area contributed by atoms with E-state index in [1.54, 1.807) is 0 Å². The van der Waals surface area contributed by atoms with Crippen molar-refractivity contribution >= 4 is 12.6 Å². The van der Waals surface area contributed by atoms with Crippen molar-refractivity contribution < 1.29 is 4.74 Å². The Morgan fingerprint density at radius 3 is 2.19 bits per heavy atom. The van der Waals surface area contributed by atoms with E-state index in [1.165, 1.54) is 38.5 Å². The van der Waals surface area contributed by atoms with Gasteiger partial charge in [-0.25, -0.2) is 0 Å². The second kappa shape index (κ2) is 11.8. The SMILES string of the molecule is CCCCCCCCOCC(CS)C(C)C. The van der Waals surface area contributed by atoms with Crippen molar-refractivity contribution in [3.63, 3.8) is 0 Å².